The fourth-order valence-corrected chi connectivity index (χ4v) is 1.11. The van der Waals surface area contributed by atoms with Gasteiger partial charge in [-0.15, -0.1) is 0 Å². The molecule has 0 fully saturated rings. The zero-order valence-electron chi connectivity index (χ0n) is 7.63. The molecule has 0 bridgehead atoms. The second-order valence-corrected chi connectivity index (χ2v) is 2.67. The van der Waals surface area contributed by atoms with Crippen molar-refractivity contribution in [3.63, 3.8) is 0 Å². The van der Waals surface area contributed by atoms with Gasteiger partial charge in [-0.3, -0.25) is 4.79 Å². The van der Waals surface area contributed by atoms with Crippen LogP contribution in [-0.4, -0.2) is 13.5 Å². The van der Waals surface area contributed by atoms with E-state index in [9.17, 15) is 4.79 Å². The van der Waals surface area contributed by atoms with E-state index in [1.165, 1.54) is 0 Å². The molecule has 0 spiro atoms. The van der Waals surface area contributed by atoms with Gasteiger partial charge in [-0.05, 0) is 18.6 Å². The standard InChI is InChI=1S/C9H12N2O2/c1-6-3-8(11-5-12)7(10)4-9(6)13-2/h3-5H,10H2,1-2H3,(H,11,12). The maximum Gasteiger partial charge on any atom is 0.211 e. The first-order chi connectivity index (χ1) is 6.19. The molecule has 0 aliphatic heterocycles. The van der Waals surface area contributed by atoms with Crippen molar-refractivity contribution in [2.75, 3.05) is 18.2 Å². The van der Waals surface area contributed by atoms with Crippen LogP contribution in [-0.2, 0) is 4.79 Å². The Kier molecular flexibility index (Phi) is 2.74. The molecule has 4 heteroatoms. The third-order valence-electron chi connectivity index (χ3n) is 1.78. The quantitative estimate of drug-likeness (QED) is 0.541. The number of methoxy groups -OCH3 is 1. The predicted molar refractivity (Wildman–Crippen MR) is 51.8 cm³/mol. The first kappa shape index (κ1) is 9.38. The summed E-state index contributed by atoms with van der Waals surface area (Å²) in [6.45, 7) is 1.88. The SMILES string of the molecule is COc1cc(N)c(NC=O)cc1C. The van der Waals surface area contributed by atoms with E-state index in [0.717, 1.165) is 5.56 Å². The monoisotopic (exact) mass is 180 g/mol. The van der Waals surface area contributed by atoms with Crippen molar-refractivity contribution < 1.29 is 9.53 Å². The van der Waals surface area contributed by atoms with Crippen molar-refractivity contribution >= 4 is 17.8 Å². The van der Waals surface area contributed by atoms with Gasteiger partial charge in [-0.1, -0.05) is 0 Å². The van der Waals surface area contributed by atoms with E-state index in [-0.39, 0.29) is 0 Å². The number of aryl methyl sites for hydroxylation is 1. The minimum Gasteiger partial charge on any atom is -0.496 e. The average molecular weight is 180 g/mol. The predicted octanol–water partition coefficient (Wildman–Crippen LogP) is 1.15. The number of benzene rings is 1. The summed E-state index contributed by atoms with van der Waals surface area (Å²) in [4.78, 5) is 10.2. The van der Waals surface area contributed by atoms with Gasteiger partial charge in [0, 0.05) is 6.07 Å². The van der Waals surface area contributed by atoms with Gasteiger partial charge in [0.15, 0.2) is 0 Å². The lowest BCUT2D eigenvalue weighted by atomic mass is 10.1. The molecular weight excluding hydrogens is 168 g/mol. The first-order valence-electron chi connectivity index (χ1n) is 3.83. The summed E-state index contributed by atoms with van der Waals surface area (Å²) >= 11 is 0. The van der Waals surface area contributed by atoms with Crippen LogP contribution in [0.5, 0.6) is 5.75 Å². The van der Waals surface area contributed by atoms with Gasteiger partial charge in [0.1, 0.15) is 5.75 Å². The van der Waals surface area contributed by atoms with E-state index in [0.29, 0.717) is 23.5 Å². The third-order valence-corrected chi connectivity index (χ3v) is 1.78. The summed E-state index contributed by atoms with van der Waals surface area (Å²) in [5.41, 5.74) is 7.68. The molecule has 4 nitrogen and oxygen atoms in total. The molecule has 0 aliphatic rings. The van der Waals surface area contributed by atoms with Gasteiger partial charge < -0.3 is 15.8 Å². The fraction of sp³-hybridized carbons (Fsp3) is 0.222. The summed E-state index contributed by atoms with van der Waals surface area (Å²) in [5.74, 6) is 0.717. The van der Waals surface area contributed by atoms with Crippen LogP contribution in [0, 0.1) is 6.92 Å². The molecule has 0 unspecified atom stereocenters. The van der Waals surface area contributed by atoms with E-state index >= 15 is 0 Å². The van der Waals surface area contributed by atoms with Crippen LogP contribution in [0.2, 0.25) is 0 Å². The Labute approximate surface area is 76.7 Å². The van der Waals surface area contributed by atoms with Crippen LogP contribution in [0.25, 0.3) is 0 Å². The molecule has 0 heterocycles. The van der Waals surface area contributed by atoms with Crippen LogP contribution in [0.4, 0.5) is 11.4 Å². The van der Waals surface area contributed by atoms with Crippen molar-refractivity contribution in [2.45, 2.75) is 6.92 Å². The fourth-order valence-electron chi connectivity index (χ4n) is 1.11. The summed E-state index contributed by atoms with van der Waals surface area (Å²) in [6.07, 6.45) is 0.595. The molecular formula is C9H12N2O2. The molecule has 70 valence electrons. The maximum atomic E-state index is 10.2. The Morgan fingerprint density at radius 1 is 1.54 bits per heavy atom. The van der Waals surface area contributed by atoms with Gasteiger partial charge in [-0.2, -0.15) is 0 Å². The molecule has 0 atom stereocenters. The number of amides is 1. The van der Waals surface area contributed by atoms with Gasteiger partial charge >= 0.3 is 0 Å². The smallest absolute Gasteiger partial charge is 0.211 e. The number of anilines is 2. The molecule has 0 aromatic heterocycles. The zero-order chi connectivity index (χ0) is 9.84. The molecule has 3 N–H and O–H groups in total. The number of nitrogen functional groups attached to an aromatic ring is 1. The second-order valence-electron chi connectivity index (χ2n) is 2.67. The Morgan fingerprint density at radius 3 is 2.77 bits per heavy atom. The molecule has 13 heavy (non-hydrogen) atoms. The van der Waals surface area contributed by atoms with Crippen molar-refractivity contribution in [1.29, 1.82) is 0 Å². The zero-order valence-corrected chi connectivity index (χ0v) is 7.63. The van der Waals surface area contributed by atoms with Crippen molar-refractivity contribution in [3.05, 3.63) is 17.7 Å². The highest BCUT2D eigenvalue weighted by atomic mass is 16.5. The summed E-state index contributed by atoms with van der Waals surface area (Å²) in [5, 5.41) is 2.51. The molecule has 1 aromatic carbocycles. The normalized spacial score (nSPS) is 9.38. The van der Waals surface area contributed by atoms with Crippen LogP contribution in [0.1, 0.15) is 5.56 Å². The number of hydrogen-bond acceptors (Lipinski definition) is 3. The molecule has 1 rings (SSSR count). The molecule has 1 amide bonds. The van der Waals surface area contributed by atoms with E-state index in [1.54, 1.807) is 19.2 Å². The minimum atomic E-state index is 0.495. The van der Waals surface area contributed by atoms with Crippen LogP contribution in [0.3, 0.4) is 0 Å². The number of hydrogen-bond donors (Lipinski definition) is 2. The van der Waals surface area contributed by atoms with Crippen molar-refractivity contribution in [3.8, 4) is 5.75 Å². The molecule has 0 radical (unpaired) electrons. The van der Waals surface area contributed by atoms with Crippen LogP contribution < -0.4 is 15.8 Å². The van der Waals surface area contributed by atoms with E-state index < -0.39 is 0 Å². The van der Waals surface area contributed by atoms with Gasteiger partial charge in [-0.25, -0.2) is 0 Å². The summed E-state index contributed by atoms with van der Waals surface area (Å²) < 4.78 is 5.06. The lowest BCUT2D eigenvalue weighted by Crippen LogP contribution is -2.00. The van der Waals surface area contributed by atoms with E-state index in [1.807, 2.05) is 6.92 Å². The van der Waals surface area contributed by atoms with Gasteiger partial charge in [0.25, 0.3) is 0 Å². The number of ether oxygens (including phenoxy) is 1. The third kappa shape index (κ3) is 1.90. The van der Waals surface area contributed by atoms with Crippen molar-refractivity contribution in [2.24, 2.45) is 0 Å². The molecule has 0 saturated carbocycles. The number of nitrogens with two attached hydrogens (primary N) is 1. The van der Waals surface area contributed by atoms with Gasteiger partial charge in [0.05, 0.1) is 18.5 Å². The minimum absolute atomic E-state index is 0.495. The van der Waals surface area contributed by atoms with E-state index in [4.69, 9.17) is 10.5 Å². The Balaban J connectivity index is 3.12. The van der Waals surface area contributed by atoms with Gasteiger partial charge in [0.2, 0.25) is 6.41 Å². The number of carbonyl (C=O) groups excluding carboxylic acids is 1. The molecule has 0 saturated heterocycles. The first-order valence-corrected chi connectivity index (χ1v) is 3.83. The number of carbonyl (C=O) groups is 1. The Morgan fingerprint density at radius 2 is 2.23 bits per heavy atom. The van der Waals surface area contributed by atoms with Crippen LogP contribution in [0.15, 0.2) is 12.1 Å². The largest absolute Gasteiger partial charge is 0.496 e. The maximum absolute atomic E-state index is 10.2. The number of nitrogens with one attached hydrogen (secondary N) is 1. The lowest BCUT2D eigenvalue weighted by Gasteiger charge is -2.09. The highest BCUT2D eigenvalue weighted by molar-refractivity contribution is 5.81. The van der Waals surface area contributed by atoms with Crippen molar-refractivity contribution in [1.82, 2.24) is 0 Å². The van der Waals surface area contributed by atoms with Crippen LogP contribution >= 0.6 is 0 Å². The average Bonchev–Trinajstić information content (AvgIpc) is 2.11. The highest BCUT2D eigenvalue weighted by Crippen LogP contribution is 2.27. The summed E-state index contributed by atoms with van der Waals surface area (Å²) in [7, 11) is 1.58. The summed E-state index contributed by atoms with van der Waals surface area (Å²) in [6, 6.07) is 3.45. The van der Waals surface area contributed by atoms with E-state index in [2.05, 4.69) is 5.32 Å². The number of rotatable bonds is 3. The second kappa shape index (κ2) is 3.80. The lowest BCUT2D eigenvalue weighted by molar-refractivity contribution is -0.105. The Hall–Kier alpha value is -1.71. The topological polar surface area (TPSA) is 64.3 Å². The Bertz CT molecular complexity index is 324. The molecule has 1 aromatic rings. The highest BCUT2D eigenvalue weighted by Gasteiger charge is 2.03. The molecule has 0 aliphatic carbocycles.